The molecular weight excluding hydrogens is 366 g/mol. The Morgan fingerprint density at radius 1 is 1.33 bits per heavy atom. The second-order valence-electron chi connectivity index (χ2n) is 7.42. The van der Waals surface area contributed by atoms with Crippen molar-refractivity contribution in [2.45, 2.75) is 65.0 Å². The normalized spacial score (nSPS) is 11.9. The maximum atomic E-state index is 11.9. The van der Waals surface area contributed by atoms with Gasteiger partial charge in [0, 0.05) is 24.2 Å². The Morgan fingerprint density at radius 3 is 2.63 bits per heavy atom. The fraction of sp³-hybridized carbons (Fsp3) is 0.600. The second kappa shape index (κ2) is 12.6. The second-order valence-corrected chi connectivity index (χ2v) is 7.42. The summed E-state index contributed by atoms with van der Waals surface area (Å²) in [6, 6.07) is 7.00. The summed E-state index contributed by atoms with van der Waals surface area (Å²) in [5.41, 5.74) is 0.813. The number of nitrogens with one attached hydrogen (secondary N) is 2. The molecule has 1 unspecified atom stereocenters. The molecule has 1 atom stereocenters. The van der Waals surface area contributed by atoms with E-state index in [4.69, 9.17) is 4.74 Å². The highest BCUT2D eigenvalue weighted by molar-refractivity contribution is 5.91. The topological polar surface area (TPSA) is 94.4 Å². The molecule has 0 aliphatic carbocycles. The van der Waals surface area contributed by atoms with E-state index in [1.54, 1.807) is 18.2 Å². The van der Waals surface area contributed by atoms with Crippen molar-refractivity contribution in [1.82, 2.24) is 5.32 Å². The SMILES string of the molecule is CCCCCC(=O)Nc1ccc(OCC(O)CNC(C)(C)C)c(C#N)c1.Cl. The summed E-state index contributed by atoms with van der Waals surface area (Å²) in [6.45, 7) is 8.63. The summed E-state index contributed by atoms with van der Waals surface area (Å²) in [7, 11) is 0. The van der Waals surface area contributed by atoms with Crippen molar-refractivity contribution in [2.24, 2.45) is 0 Å². The number of carbonyl (C=O) groups excluding carboxylic acids is 1. The van der Waals surface area contributed by atoms with Crippen LogP contribution in [0.4, 0.5) is 5.69 Å². The molecular formula is C20H32ClN3O3. The van der Waals surface area contributed by atoms with Crippen LogP contribution < -0.4 is 15.4 Å². The van der Waals surface area contributed by atoms with Crippen LogP contribution in [0.5, 0.6) is 5.75 Å². The van der Waals surface area contributed by atoms with Crippen molar-refractivity contribution in [3.05, 3.63) is 23.8 Å². The zero-order valence-electron chi connectivity index (χ0n) is 16.7. The van der Waals surface area contributed by atoms with Gasteiger partial charge in [-0.1, -0.05) is 19.8 Å². The van der Waals surface area contributed by atoms with Crippen molar-refractivity contribution >= 4 is 24.0 Å². The number of aliphatic hydroxyl groups excluding tert-OH is 1. The summed E-state index contributed by atoms with van der Waals surface area (Å²) in [4.78, 5) is 11.9. The van der Waals surface area contributed by atoms with E-state index >= 15 is 0 Å². The van der Waals surface area contributed by atoms with Crippen molar-refractivity contribution in [3.63, 3.8) is 0 Å². The molecule has 0 spiro atoms. The third-order valence-electron chi connectivity index (χ3n) is 3.69. The lowest BCUT2D eigenvalue weighted by Gasteiger charge is -2.23. The van der Waals surface area contributed by atoms with Crippen LogP contribution in [-0.4, -0.2) is 35.8 Å². The highest BCUT2D eigenvalue weighted by Gasteiger charge is 2.14. The minimum Gasteiger partial charge on any atom is -0.489 e. The van der Waals surface area contributed by atoms with E-state index in [1.165, 1.54) is 0 Å². The Balaban J connectivity index is 0.00000676. The van der Waals surface area contributed by atoms with Gasteiger partial charge in [0.25, 0.3) is 0 Å². The number of ether oxygens (including phenoxy) is 1. The minimum absolute atomic E-state index is 0. The van der Waals surface area contributed by atoms with Crippen LogP contribution in [0.2, 0.25) is 0 Å². The average molecular weight is 398 g/mol. The van der Waals surface area contributed by atoms with Crippen LogP contribution in [0, 0.1) is 11.3 Å². The third kappa shape index (κ3) is 10.8. The quantitative estimate of drug-likeness (QED) is 0.524. The van der Waals surface area contributed by atoms with Gasteiger partial charge in [-0.3, -0.25) is 4.79 Å². The minimum atomic E-state index is -0.682. The lowest BCUT2D eigenvalue weighted by Crippen LogP contribution is -2.42. The third-order valence-corrected chi connectivity index (χ3v) is 3.69. The first-order valence-electron chi connectivity index (χ1n) is 9.15. The number of unbranched alkanes of at least 4 members (excludes halogenated alkanes) is 2. The predicted octanol–water partition coefficient (Wildman–Crippen LogP) is 3.63. The number of amides is 1. The van der Waals surface area contributed by atoms with Crippen LogP contribution in [0.3, 0.4) is 0 Å². The Hall–Kier alpha value is -1.81. The van der Waals surface area contributed by atoms with Crippen molar-refractivity contribution in [1.29, 1.82) is 5.26 Å². The molecule has 7 heteroatoms. The van der Waals surface area contributed by atoms with E-state index in [9.17, 15) is 15.2 Å². The summed E-state index contributed by atoms with van der Waals surface area (Å²) in [5, 5.41) is 25.3. The predicted molar refractivity (Wildman–Crippen MR) is 110 cm³/mol. The van der Waals surface area contributed by atoms with Crippen molar-refractivity contribution in [3.8, 4) is 11.8 Å². The Kier molecular flexibility index (Phi) is 11.7. The van der Waals surface area contributed by atoms with Crippen molar-refractivity contribution in [2.75, 3.05) is 18.5 Å². The molecule has 152 valence electrons. The summed E-state index contributed by atoms with van der Waals surface area (Å²) in [5.74, 6) is 0.339. The number of anilines is 1. The summed E-state index contributed by atoms with van der Waals surface area (Å²) < 4.78 is 5.57. The molecule has 1 rings (SSSR count). The zero-order valence-corrected chi connectivity index (χ0v) is 17.5. The lowest BCUT2D eigenvalue weighted by molar-refractivity contribution is -0.116. The average Bonchev–Trinajstić information content (AvgIpc) is 2.58. The van der Waals surface area contributed by atoms with Gasteiger partial charge in [-0.2, -0.15) is 5.26 Å². The monoisotopic (exact) mass is 397 g/mol. The Bertz CT molecular complexity index is 624. The zero-order chi connectivity index (χ0) is 19.6. The van der Waals surface area contributed by atoms with Gasteiger partial charge in [-0.15, -0.1) is 12.4 Å². The van der Waals surface area contributed by atoms with Crippen LogP contribution >= 0.6 is 12.4 Å². The smallest absolute Gasteiger partial charge is 0.224 e. The number of halogens is 1. The molecule has 1 aromatic rings. The molecule has 0 fully saturated rings. The molecule has 1 aromatic carbocycles. The fourth-order valence-electron chi connectivity index (χ4n) is 2.25. The van der Waals surface area contributed by atoms with E-state index in [0.29, 0.717) is 30.0 Å². The number of nitrogens with zero attached hydrogens (tertiary/aromatic N) is 1. The van der Waals surface area contributed by atoms with Gasteiger partial charge in [-0.05, 0) is 45.4 Å². The first kappa shape index (κ1) is 25.2. The molecule has 27 heavy (non-hydrogen) atoms. The van der Waals surface area contributed by atoms with E-state index < -0.39 is 6.10 Å². The van der Waals surface area contributed by atoms with E-state index in [-0.39, 0.29) is 30.5 Å². The number of aliphatic hydroxyl groups is 1. The largest absolute Gasteiger partial charge is 0.489 e. The molecule has 0 aromatic heterocycles. The number of benzene rings is 1. The molecule has 3 N–H and O–H groups in total. The van der Waals surface area contributed by atoms with E-state index in [1.807, 2.05) is 20.8 Å². The number of hydrogen-bond donors (Lipinski definition) is 3. The van der Waals surface area contributed by atoms with Gasteiger partial charge in [0.05, 0.1) is 5.56 Å². The summed E-state index contributed by atoms with van der Waals surface area (Å²) >= 11 is 0. The Labute approximate surface area is 168 Å². The molecule has 0 aliphatic heterocycles. The molecule has 0 aliphatic rings. The highest BCUT2D eigenvalue weighted by atomic mass is 35.5. The van der Waals surface area contributed by atoms with Gasteiger partial charge < -0.3 is 20.5 Å². The van der Waals surface area contributed by atoms with Gasteiger partial charge in [0.2, 0.25) is 5.91 Å². The highest BCUT2D eigenvalue weighted by Crippen LogP contribution is 2.22. The van der Waals surface area contributed by atoms with Crippen molar-refractivity contribution < 1.29 is 14.6 Å². The van der Waals surface area contributed by atoms with Gasteiger partial charge in [0.1, 0.15) is 24.5 Å². The molecule has 1 amide bonds. The molecule has 6 nitrogen and oxygen atoms in total. The maximum absolute atomic E-state index is 11.9. The van der Waals surface area contributed by atoms with Gasteiger partial charge >= 0.3 is 0 Å². The fourth-order valence-corrected chi connectivity index (χ4v) is 2.25. The molecule has 0 heterocycles. The number of carbonyl (C=O) groups is 1. The number of rotatable bonds is 10. The first-order chi connectivity index (χ1) is 12.2. The molecule has 0 saturated heterocycles. The van der Waals surface area contributed by atoms with Gasteiger partial charge in [-0.25, -0.2) is 0 Å². The lowest BCUT2D eigenvalue weighted by atomic mass is 10.1. The first-order valence-corrected chi connectivity index (χ1v) is 9.15. The standard InChI is InChI=1S/C20H31N3O3.ClH/c1-5-6-7-8-19(25)23-16-9-10-18(15(11-16)12-21)26-14-17(24)13-22-20(2,3)4;/h9-11,17,22,24H,5-8,13-14H2,1-4H3,(H,23,25);1H. The molecule has 0 radical (unpaired) electrons. The maximum Gasteiger partial charge on any atom is 0.224 e. The number of hydrogen-bond acceptors (Lipinski definition) is 5. The van der Waals surface area contributed by atoms with Crippen LogP contribution in [-0.2, 0) is 4.79 Å². The molecule has 0 saturated carbocycles. The van der Waals surface area contributed by atoms with Crippen LogP contribution in [0.1, 0.15) is 58.9 Å². The van der Waals surface area contributed by atoms with Crippen LogP contribution in [0.25, 0.3) is 0 Å². The van der Waals surface area contributed by atoms with E-state index in [2.05, 4.69) is 23.6 Å². The number of β-amino-alcohol motifs (C(OH)–C–C–N with tert-alkyl or cyclic N) is 1. The Morgan fingerprint density at radius 2 is 2.04 bits per heavy atom. The number of nitriles is 1. The van der Waals surface area contributed by atoms with E-state index in [0.717, 1.165) is 19.3 Å². The summed E-state index contributed by atoms with van der Waals surface area (Å²) in [6.07, 6.45) is 2.74. The molecule has 0 bridgehead atoms. The van der Waals surface area contributed by atoms with Crippen LogP contribution in [0.15, 0.2) is 18.2 Å². The van der Waals surface area contributed by atoms with Gasteiger partial charge in [0.15, 0.2) is 0 Å².